The maximum Gasteiger partial charge on any atom is 0.261 e. The predicted octanol–water partition coefficient (Wildman–Crippen LogP) is 3.24. The molecule has 1 aliphatic carbocycles. The molecule has 2 aliphatic heterocycles. The molecule has 0 bridgehead atoms. The average Bonchev–Trinajstić information content (AvgIpc) is 3.34. The summed E-state index contributed by atoms with van der Waals surface area (Å²) in [5.74, 6) is -0.321. The van der Waals surface area contributed by atoms with E-state index in [1.165, 1.54) is 6.42 Å². The maximum absolute atomic E-state index is 13.5. The number of amides is 3. The van der Waals surface area contributed by atoms with Gasteiger partial charge in [-0.3, -0.25) is 14.4 Å². The average molecular weight is 495 g/mol. The van der Waals surface area contributed by atoms with Gasteiger partial charge in [-0.2, -0.15) is 5.26 Å². The topological polar surface area (TPSA) is 112 Å². The van der Waals surface area contributed by atoms with Gasteiger partial charge in [-0.1, -0.05) is 37.0 Å². The predicted molar refractivity (Wildman–Crippen MR) is 135 cm³/mol. The second-order valence-electron chi connectivity index (χ2n) is 11.6. The summed E-state index contributed by atoms with van der Waals surface area (Å²) in [5.41, 5.74) is 0.734. The molecule has 3 amide bonds. The van der Waals surface area contributed by atoms with Crippen LogP contribution < -0.4 is 15.4 Å². The van der Waals surface area contributed by atoms with Crippen LogP contribution in [-0.2, 0) is 14.4 Å². The lowest BCUT2D eigenvalue weighted by Gasteiger charge is -2.33. The Hall–Kier alpha value is -3.08. The van der Waals surface area contributed by atoms with E-state index in [2.05, 4.69) is 16.7 Å². The van der Waals surface area contributed by atoms with Crippen molar-refractivity contribution >= 4 is 17.7 Å². The molecule has 0 unspecified atom stereocenters. The highest BCUT2D eigenvalue weighted by Gasteiger charge is 2.49. The Morgan fingerprint density at radius 3 is 2.50 bits per heavy atom. The Kier molecular flexibility index (Phi) is 7.58. The summed E-state index contributed by atoms with van der Waals surface area (Å²) < 4.78 is 5.74. The first-order valence-corrected chi connectivity index (χ1v) is 13.1. The van der Waals surface area contributed by atoms with E-state index in [0.29, 0.717) is 25.1 Å². The highest BCUT2D eigenvalue weighted by Crippen LogP contribution is 2.46. The lowest BCUT2D eigenvalue weighted by atomic mass is 9.72. The third-order valence-electron chi connectivity index (χ3n) is 8.01. The second-order valence-corrected chi connectivity index (χ2v) is 11.6. The van der Waals surface area contributed by atoms with Gasteiger partial charge in [-0.15, -0.1) is 0 Å². The van der Waals surface area contributed by atoms with Crippen LogP contribution in [0.1, 0.15) is 70.8 Å². The zero-order valence-electron chi connectivity index (χ0n) is 21.6. The fourth-order valence-corrected chi connectivity index (χ4v) is 6.16. The Bertz CT molecular complexity index is 1020. The lowest BCUT2D eigenvalue weighted by Crippen LogP contribution is -2.50. The smallest absolute Gasteiger partial charge is 0.261 e. The van der Waals surface area contributed by atoms with Gasteiger partial charge in [0.15, 0.2) is 6.61 Å². The largest absolute Gasteiger partial charge is 0.484 e. The van der Waals surface area contributed by atoms with Gasteiger partial charge in [-0.05, 0) is 70.4 Å². The van der Waals surface area contributed by atoms with Gasteiger partial charge in [0.25, 0.3) is 5.91 Å². The van der Waals surface area contributed by atoms with Crippen LogP contribution in [0.4, 0.5) is 0 Å². The van der Waals surface area contributed by atoms with Crippen molar-refractivity contribution in [2.24, 2.45) is 11.3 Å². The summed E-state index contributed by atoms with van der Waals surface area (Å²) in [4.78, 5) is 40.7. The van der Waals surface area contributed by atoms with Crippen LogP contribution in [0.2, 0.25) is 0 Å². The van der Waals surface area contributed by atoms with E-state index in [9.17, 15) is 19.6 Å². The third kappa shape index (κ3) is 6.00. The van der Waals surface area contributed by atoms with Crippen molar-refractivity contribution in [1.29, 1.82) is 5.26 Å². The van der Waals surface area contributed by atoms with Gasteiger partial charge in [0.05, 0.1) is 6.07 Å². The zero-order valence-corrected chi connectivity index (χ0v) is 21.6. The molecule has 8 heteroatoms. The van der Waals surface area contributed by atoms with Crippen LogP contribution in [0.25, 0.3) is 0 Å². The molecule has 4 rings (SSSR count). The number of rotatable bonds is 7. The SMILES string of the molecule is Cc1ccc(OCC(=O)N2CC3(CCCCC3)C[C@H]2C(=O)N[C@H](C#N)C[C@@H]2CC(C)(C)NC2=O)cc1. The van der Waals surface area contributed by atoms with E-state index < -0.39 is 12.1 Å². The van der Waals surface area contributed by atoms with Crippen molar-refractivity contribution in [3.8, 4) is 11.8 Å². The van der Waals surface area contributed by atoms with Crippen LogP contribution in [0.3, 0.4) is 0 Å². The molecule has 0 aromatic heterocycles. The van der Waals surface area contributed by atoms with E-state index in [1.807, 2.05) is 45.0 Å². The summed E-state index contributed by atoms with van der Waals surface area (Å²) in [7, 11) is 0. The molecule has 1 spiro atoms. The summed E-state index contributed by atoms with van der Waals surface area (Å²) in [6.45, 7) is 6.30. The Labute approximate surface area is 213 Å². The molecule has 3 aliphatic rings. The maximum atomic E-state index is 13.5. The molecule has 8 nitrogen and oxygen atoms in total. The van der Waals surface area contributed by atoms with Crippen molar-refractivity contribution in [3.05, 3.63) is 29.8 Å². The molecule has 0 radical (unpaired) electrons. The first-order chi connectivity index (χ1) is 17.1. The fourth-order valence-electron chi connectivity index (χ4n) is 6.16. The minimum absolute atomic E-state index is 0.0583. The normalized spacial score (nSPS) is 25.2. The van der Waals surface area contributed by atoms with E-state index in [1.54, 1.807) is 4.90 Å². The number of ether oxygens (including phenoxy) is 1. The van der Waals surface area contributed by atoms with Crippen LogP contribution >= 0.6 is 0 Å². The third-order valence-corrected chi connectivity index (χ3v) is 8.01. The molecular weight excluding hydrogens is 456 g/mol. The Balaban J connectivity index is 1.43. The highest BCUT2D eigenvalue weighted by atomic mass is 16.5. The number of nitriles is 1. The molecule has 2 saturated heterocycles. The molecule has 194 valence electrons. The molecule has 3 atom stereocenters. The summed E-state index contributed by atoms with van der Waals surface area (Å²) in [6.07, 6.45) is 6.86. The van der Waals surface area contributed by atoms with Gasteiger partial charge < -0.3 is 20.3 Å². The van der Waals surface area contributed by atoms with Gasteiger partial charge in [0, 0.05) is 18.0 Å². The molecule has 1 saturated carbocycles. The van der Waals surface area contributed by atoms with Gasteiger partial charge >= 0.3 is 0 Å². The lowest BCUT2D eigenvalue weighted by molar-refractivity contribution is -0.140. The number of hydrogen-bond donors (Lipinski definition) is 2. The van der Waals surface area contributed by atoms with Crippen LogP contribution in [0.15, 0.2) is 24.3 Å². The summed E-state index contributed by atoms with van der Waals surface area (Å²) in [5, 5.41) is 15.5. The van der Waals surface area contributed by atoms with Gasteiger partial charge in [0.2, 0.25) is 11.8 Å². The summed E-state index contributed by atoms with van der Waals surface area (Å²) in [6, 6.07) is 8.25. The number of carbonyl (C=O) groups excluding carboxylic acids is 3. The van der Waals surface area contributed by atoms with Crippen molar-refractivity contribution in [2.75, 3.05) is 13.2 Å². The first-order valence-electron chi connectivity index (χ1n) is 13.1. The molecule has 1 aromatic carbocycles. The van der Waals surface area contributed by atoms with Crippen molar-refractivity contribution in [1.82, 2.24) is 15.5 Å². The molecule has 3 fully saturated rings. The Morgan fingerprint density at radius 1 is 1.19 bits per heavy atom. The quantitative estimate of drug-likeness (QED) is 0.604. The van der Waals surface area contributed by atoms with Crippen molar-refractivity contribution in [2.45, 2.75) is 89.8 Å². The van der Waals surface area contributed by atoms with E-state index in [0.717, 1.165) is 31.2 Å². The molecule has 2 heterocycles. The number of hydrogen-bond acceptors (Lipinski definition) is 5. The summed E-state index contributed by atoms with van der Waals surface area (Å²) >= 11 is 0. The number of aryl methyl sites for hydroxylation is 1. The van der Waals surface area contributed by atoms with Crippen LogP contribution in [0, 0.1) is 29.6 Å². The molecule has 1 aromatic rings. The number of nitrogens with zero attached hydrogens (tertiary/aromatic N) is 2. The number of nitrogens with one attached hydrogen (secondary N) is 2. The molecule has 2 N–H and O–H groups in total. The minimum atomic E-state index is -0.786. The van der Waals surface area contributed by atoms with Crippen molar-refractivity contribution in [3.63, 3.8) is 0 Å². The van der Waals surface area contributed by atoms with Crippen LogP contribution in [0.5, 0.6) is 5.75 Å². The second kappa shape index (κ2) is 10.5. The number of carbonyl (C=O) groups is 3. The number of benzene rings is 1. The first kappa shape index (κ1) is 26.0. The molecule has 36 heavy (non-hydrogen) atoms. The van der Waals surface area contributed by atoms with E-state index in [4.69, 9.17) is 4.74 Å². The molecular formula is C28H38N4O4. The Morgan fingerprint density at radius 2 is 1.89 bits per heavy atom. The van der Waals surface area contributed by atoms with Crippen LogP contribution in [-0.4, -0.2) is 53.4 Å². The standard InChI is InChI=1S/C28H38N4O4/c1-19-7-9-22(10-8-19)36-17-24(33)32-18-28(11-5-4-6-12-28)15-23(32)26(35)30-21(16-29)13-20-14-27(2,3)31-25(20)34/h7-10,20-21,23H,4-6,11-15,17-18H2,1-3H3,(H,30,35)(H,31,34)/t20-,21+,23+/m1/s1. The van der Waals surface area contributed by atoms with Crippen molar-refractivity contribution < 1.29 is 19.1 Å². The van der Waals surface area contributed by atoms with Gasteiger partial charge in [0.1, 0.15) is 17.8 Å². The van der Waals surface area contributed by atoms with E-state index >= 15 is 0 Å². The number of likely N-dealkylation sites (tertiary alicyclic amines) is 1. The van der Waals surface area contributed by atoms with E-state index in [-0.39, 0.29) is 47.6 Å². The van der Waals surface area contributed by atoms with Gasteiger partial charge in [-0.25, -0.2) is 0 Å². The fraction of sp³-hybridized carbons (Fsp3) is 0.643. The highest BCUT2D eigenvalue weighted by molar-refractivity contribution is 5.89. The minimum Gasteiger partial charge on any atom is -0.484 e. The zero-order chi connectivity index (χ0) is 25.9. The monoisotopic (exact) mass is 494 g/mol.